The van der Waals surface area contributed by atoms with Crippen molar-refractivity contribution >= 4 is 22.6 Å². The average molecular weight is 206 g/mol. The van der Waals surface area contributed by atoms with Crippen molar-refractivity contribution < 1.29 is 4.79 Å². The molecule has 0 aliphatic heterocycles. The summed E-state index contributed by atoms with van der Waals surface area (Å²) >= 11 is 0. The Morgan fingerprint density at radius 3 is 2.93 bits per heavy atom. The Hall–Kier alpha value is -2.08. The first-order valence-corrected chi connectivity index (χ1v) is 4.41. The molecule has 1 amide bonds. The van der Waals surface area contributed by atoms with Crippen molar-refractivity contribution in [2.24, 2.45) is 5.73 Å². The molecule has 6 heteroatoms. The van der Waals surface area contributed by atoms with Gasteiger partial charge in [-0.3, -0.25) is 4.79 Å². The van der Waals surface area contributed by atoms with Crippen LogP contribution in [0.1, 0.15) is 0 Å². The van der Waals surface area contributed by atoms with E-state index in [4.69, 9.17) is 5.73 Å². The summed E-state index contributed by atoms with van der Waals surface area (Å²) in [5.41, 5.74) is 6.64. The van der Waals surface area contributed by atoms with E-state index < -0.39 is 0 Å². The number of hydrogen-bond acceptors (Lipinski definition) is 3. The molecular formula is C9H10N4O2. The minimum absolute atomic E-state index is 0.0922. The molecule has 1 aromatic heterocycles. The normalized spacial score (nSPS) is 10.5. The fraction of sp³-hybridized carbons (Fsp3) is 0.111. The number of fused-ring (bicyclic) bond motifs is 1. The van der Waals surface area contributed by atoms with Crippen LogP contribution in [0.2, 0.25) is 0 Å². The van der Waals surface area contributed by atoms with E-state index in [2.05, 4.69) is 15.3 Å². The molecule has 78 valence electrons. The predicted octanol–water partition coefficient (Wildman–Crippen LogP) is -0.247. The van der Waals surface area contributed by atoms with Crippen LogP contribution in [-0.2, 0) is 4.79 Å². The van der Waals surface area contributed by atoms with Gasteiger partial charge >= 0.3 is 5.69 Å². The number of benzene rings is 1. The summed E-state index contributed by atoms with van der Waals surface area (Å²) in [5, 5.41) is 2.59. The lowest BCUT2D eigenvalue weighted by Gasteiger charge is -2.03. The first-order chi connectivity index (χ1) is 7.20. The maximum atomic E-state index is 11.1. The Morgan fingerprint density at radius 1 is 1.40 bits per heavy atom. The van der Waals surface area contributed by atoms with Crippen LogP contribution in [0.4, 0.5) is 5.69 Å². The number of imidazole rings is 1. The fourth-order valence-electron chi connectivity index (χ4n) is 1.36. The molecule has 0 aliphatic carbocycles. The van der Waals surface area contributed by atoms with Crippen LogP contribution in [0.25, 0.3) is 11.0 Å². The van der Waals surface area contributed by atoms with E-state index in [1.165, 1.54) is 0 Å². The van der Waals surface area contributed by atoms with Gasteiger partial charge in [-0.15, -0.1) is 0 Å². The molecule has 2 rings (SSSR count). The average Bonchev–Trinajstić information content (AvgIpc) is 2.59. The molecule has 5 N–H and O–H groups in total. The molecule has 0 saturated carbocycles. The summed E-state index contributed by atoms with van der Waals surface area (Å²) < 4.78 is 0. The fourth-order valence-corrected chi connectivity index (χ4v) is 1.36. The highest BCUT2D eigenvalue weighted by molar-refractivity contribution is 5.99. The van der Waals surface area contributed by atoms with Gasteiger partial charge in [0.25, 0.3) is 0 Å². The number of nitrogens with one attached hydrogen (secondary N) is 3. The highest BCUT2D eigenvalue weighted by Crippen LogP contribution is 2.17. The Bertz CT molecular complexity index is 554. The van der Waals surface area contributed by atoms with Crippen LogP contribution < -0.4 is 16.7 Å². The number of anilines is 1. The molecule has 0 aliphatic rings. The number of carbonyl (C=O) groups is 1. The number of nitrogens with two attached hydrogens (primary N) is 1. The summed E-state index contributed by atoms with van der Waals surface area (Å²) in [4.78, 5) is 27.3. The summed E-state index contributed by atoms with van der Waals surface area (Å²) in [5.74, 6) is -0.301. The van der Waals surface area contributed by atoms with Gasteiger partial charge in [-0.1, -0.05) is 6.07 Å². The van der Waals surface area contributed by atoms with Gasteiger partial charge in [-0.25, -0.2) is 4.79 Å². The standard InChI is InChI=1S/C9H10N4O2/c10-4-7(14)11-5-2-1-3-6-8(5)13-9(15)12-6/h1-3H,4,10H2,(H,11,14)(H2,12,13,15). The van der Waals surface area contributed by atoms with Crippen LogP contribution in [0.5, 0.6) is 0 Å². The van der Waals surface area contributed by atoms with Gasteiger partial charge in [0.1, 0.15) is 0 Å². The van der Waals surface area contributed by atoms with E-state index in [1.54, 1.807) is 18.2 Å². The molecule has 15 heavy (non-hydrogen) atoms. The van der Waals surface area contributed by atoms with Crippen molar-refractivity contribution in [3.63, 3.8) is 0 Å². The van der Waals surface area contributed by atoms with Gasteiger partial charge in [-0.05, 0) is 12.1 Å². The number of amides is 1. The van der Waals surface area contributed by atoms with Gasteiger partial charge in [0, 0.05) is 0 Å². The van der Waals surface area contributed by atoms with E-state index in [1.807, 2.05) is 0 Å². The van der Waals surface area contributed by atoms with Crippen LogP contribution in [0.15, 0.2) is 23.0 Å². The maximum absolute atomic E-state index is 11.1. The smallest absolute Gasteiger partial charge is 0.323 e. The highest BCUT2D eigenvalue weighted by Gasteiger charge is 2.05. The maximum Gasteiger partial charge on any atom is 0.323 e. The van der Waals surface area contributed by atoms with Crippen LogP contribution in [0, 0.1) is 0 Å². The highest BCUT2D eigenvalue weighted by atomic mass is 16.2. The Balaban J connectivity index is 2.50. The lowest BCUT2D eigenvalue weighted by Crippen LogP contribution is -2.21. The Labute approximate surface area is 84.5 Å². The number of H-pyrrole nitrogens is 2. The number of aromatic nitrogens is 2. The van der Waals surface area contributed by atoms with E-state index in [-0.39, 0.29) is 18.1 Å². The largest absolute Gasteiger partial charge is 0.323 e. The first-order valence-electron chi connectivity index (χ1n) is 4.41. The molecular weight excluding hydrogens is 196 g/mol. The molecule has 0 unspecified atom stereocenters. The lowest BCUT2D eigenvalue weighted by molar-refractivity contribution is -0.114. The number of aromatic amines is 2. The lowest BCUT2D eigenvalue weighted by atomic mass is 10.2. The molecule has 0 atom stereocenters. The monoisotopic (exact) mass is 206 g/mol. The van der Waals surface area contributed by atoms with Gasteiger partial charge in [0.05, 0.1) is 23.3 Å². The topological polar surface area (TPSA) is 104 Å². The molecule has 0 radical (unpaired) electrons. The third kappa shape index (κ3) is 1.75. The van der Waals surface area contributed by atoms with Crippen LogP contribution in [-0.4, -0.2) is 22.4 Å². The Kier molecular flexibility index (Phi) is 2.26. The molecule has 1 heterocycles. The number of rotatable bonds is 2. The van der Waals surface area contributed by atoms with Crippen molar-refractivity contribution in [1.82, 2.24) is 9.97 Å². The summed E-state index contributed by atoms with van der Waals surface area (Å²) in [6.07, 6.45) is 0. The third-order valence-electron chi connectivity index (χ3n) is 2.01. The van der Waals surface area contributed by atoms with Gasteiger partial charge < -0.3 is 21.0 Å². The quantitative estimate of drug-likeness (QED) is 0.544. The number of hydrogen-bond donors (Lipinski definition) is 4. The molecule has 0 fully saturated rings. The van der Waals surface area contributed by atoms with Gasteiger partial charge in [-0.2, -0.15) is 0 Å². The van der Waals surface area contributed by atoms with E-state index in [9.17, 15) is 9.59 Å². The van der Waals surface area contributed by atoms with E-state index in [0.29, 0.717) is 16.7 Å². The minimum atomic E-state index is -0.306. The predicted molar refractivity (Wildman–Crippen MR) is 56.6 cm³/mol. The van der Waals surface area contributed by atoms with Crippen molar-refractivity contribution in [1.29, 1.82) is 0 Å². The molecule has 0 bridgehead atoms. The molecule has 0 spiro atoms. The molecule has 0 saturated heterocycles. The zero-order valence-electron chi connectivity index (χ0n) is 7.83. The Morgan fingerprint density at radius 2 is 2.20 bits per heavy atom. The molecule has 2 aromatic rings. The van der Waals surface area contributed by atoms with Crippen molar-refractivity contribution in [3.05, 3.63) is 28.7 Å². The zero-order valence-corrected chi connectivity index (χ0v) is 7.83. The van der Waals surface area contributed by atoms with Crippen molar-refractivity contribution in [2.45, 2.75) is 0 Å². The second kappa shape index (κ2) is 3.58. The second-order valence-electron chi connectivity index (χ2n) is 3.06. The zero-order chi connectivity index (χ0) is 10.8. The van der Waals surface area contributed by atoms with E-state index in [0.717, 1.165) is 0 Å². The summed E-state index contributed by atoms with van der Waals surface area (Å²) in [7, 11) is 0. The second-order valence-corrected chi connectivity index (χ2v) is 3.06. The minimum Gasteiger partial charge on any atom is -0.323 e. The number of para-hydroxylation sites is 1. The third-order valence-corrected chi connectivity index (χ3v) is 2.01. The van der Waals surface area contributed by atoms with Crippen molar-refractivity contribution in [3.8, 4) is 0 Å². The van der Waals surface area contributed by atoms with Gasteiger partial charge in [0.2, 0.25) is 5.91 Å². The van der Waals surface area contributed by atoms with Crippen LogP contribution in [0.3, 0.4) is 0 Å². The SMILES string of the molecule is NCC(=O)Nc1cccc2[nH]c(=O)[nH]c12. The summed E-state index contributed by atoms with van der Waals surface area (Å²) in [6, 6.07) is 5.17. The van der Waals surface area contributed by atoms with Crippen molar-refractivity contribution in [2.75, 3.05) is 11.9 Å². The number of carbonyl (C=O) groups excluding carboxylic acids is 1. The summed E-state index contributed by atoms with van der Waals surface area (Å²) in [6.45, 7) is -0.0922. The first kappa shape index (κ1) is 9.47. The van der Waals surface area contributed by atoms with E-state index >= 15 is 0 Å². The molecule has 1 aromatic carbocycles. The van der Waals surface area contributed by atoms with Crippen LogP contribution >= 0.6 is 0 Å². The van der Waals surface area contributed by atoms with Gasteiger partial charge in [0.15, 0.2) is 0 Å². The molecule has 6 nitrogen and oxygen atoms in total.